The molecule has 2 aromatic heterocycles. The highest BCUT2D eigenvalue weighted by molar-refractivity contribution is 7.14. The summed E-state index contributed by atoms with van der Waals surface area (Å²) in [6.45, 7) is 0.335. The number of thiazole rings is 1. The molecule has 0 amide bonds. The normalized spacial score (nSPS) is 10.4. The van der Waals surface area contributed by atoms with E-state index < -0.39 is 0 Å². The average Bonchev–Trinajstić information content (AvgIpc) is 3.22. The smallest absolute Gasteiger partial charge is 0.187 e. The van der Waals surface area contributed by atoms with Crippen LogP contribution in [0.3, 0.4) is 0 Å². The van der Waals surface area contributed by atoms with Gasteiger partial charge in [0.25, 0.3) is 0 Å². The molecular formula is C21H21ClN4O2S. The van der Waals surface area contributed by atoms with Gasteiger partial charge in [-0.25, -0.2) is 4.98 Å². The molecule has 2 heterocycles. The maximum Gasteiger partial charge on any atom is 0.187 e. The topological polar surface area (TPSA) is 82.3 Å². The predicted octanol–water partition coefficient (Wildman–Crippen LogP) is 5.00. The second kappa shape index (κ2) is 9.09. The molecule has 0 radical (unpaired) electrons. The van der Waals surface area contributed by atoms with Gasteiger partial charge in [-0.1, -0.05) is 30.3 Å². The number of nitrogens with one attached hydrogen (secondary N) is 1. The number of nitrogens with two attached hydrogens (primary N) is 1. The monoisotopic (exact) mass is 428 g/mol. The summed E-state index contributed by atoms with van der Waals surface area (Å²) < 4.78 is 10.9. The van der Waals surface area contributed by atoms with Crippen LogP contribution in [0.25, 0.3) is 22.0 Å². The van der Waals surface area contributed by atoms with Gasteiger partial charge < -0.3 is 20.5 Å². The highest BCUT2D eigenvalue weighted by Crippen LogP contribution is 2.37. The maximum atomic E-state index is 5.88. The lowest BCUT2D eigenvalue weighted by Crippen LogP contribution is -2.03. The molecule has 0 bridgehead atoms. The number of aromatic nitrogens is 2. The lowest BCUT2D eigenvalue weighted by atomic mass is 10.1. The lowest BCUT2D eigenvalue weighted by molar-refractivity contribution is 0.356. The fourth-order valence-corrected chi connectivity index (χ4v) is 3.80. The zero-order chi connectivity index (χ0) is 19.5. The fourth-order valence-electron chi connectivity index (χ4n) is 3.07. The maximum absolute atomic E-state index is 5.88. The van der Waals surface area contributed by atoms with Gasteiger partial charge in [0.2, 0.25) is 0 Å². The predicted molar refractivity (Wildman–Crippen MR) is 121 cm³/mol. The first-order valence-corrected chi connectivity index (χ1v) is 9.63. The minimum absolute atomic E-state index is 0. The first-order chi connectivity index (χ1) is 13.7. The Hall–Kier alpha value is -2.87. The summed E-state index contributed by atoms with van der Waals surface area (Å²) in [7, 11) is 3.23. The minimum Gasteiger partial charge on any atom is -0.493 e. The summed E-state index contributed by atoms with van der Waals surface area (Å²) in [6, 6.07) is 13.9. The zero-order valence-corrected chi connectivity index (χ0v) is 17.6. The summed E-state index contributed by atoms with van der Waals surface area (Å²) >= 11 is 1.54. The van der Waals surface area contributed by atoms with Gasteiger partial charge in [-0.3, -0.25) is 4.98 Å². The molecule has 150 valence electrons. The molecule has 0 unspecified atom stereocenters. The molecule has 0 aliphatic carbocycles. The largest absolute Gasteiger partial charge is 0.493 e. The van der Waals surface area contributed by atoms with E-state index in [9.17, 15) is 0 Å². The van der Waals surface area contributed by atoms with Crippen LogP contribution in [0.5, 0.6) is 11.5 Å². The van der Waals surface area contributed by atoms with E-state index in [1.807, 2.05) is 47.8 Å². The van der Waals surface area contributed by atoms with Gasteiger partial charge in [-0.15, -0.1) is 23.7 Å². The summed E-state index contributed by atoms with van der Waals surface area (Å²) in [5, 5.41) is 8.08. The molecule has 29 heavy (non-hydrogen) atoms. The third-order valence-electron chi connectivity index (χ3n) is 4.48. The molecule has 4 aromatic rings. The zero-order valence-electron chi connectivity index (χ0n) is 16.0. The minimum atomic E-state index is 0. The van der Waals surface area contributed by atoms with Gasteiger partial charge in [0.15, 0.2) is 16.6 Å². The van der Waals surface area contributed by atoms with Crippen LogP contribution >= 0.6 is 23.7 Å². The number of halogens is 1. The molecule has 6 nitrogen and oxygen atoms in total. The molecule has 0 atom stereocenters. The molecule has 3 N–H and O–H groups in total. The number of rotatable bonds is 6. The van der Waals surface area contributed by atoms with Gasteiger partial charge in [0, 0.05) is 28.3 Å². The van der Waals surface area contributed by atoms with Crippen molar-refractivity contribution in [3.05, 3.63) is 59.7 Å². The van der Waals surface area contributed by atoms with Crippen LogP contribution in [0.4, 0.5) is 10.8 Å². The highest BCUT2D eigenvalue weighted by Gasteiger charge is 2.14. The van der Waals surface area contributed by atoms with E-state index in [2.05, 4.69) is 10.3 Å². The van der Waals surface area contributed by atoms with E-state index >= 15 is 0 Å². The van der Waals surface area contributed by atoms with E-state index in [1.165, 1.54) is 0 Å². The molecule has 8 heteroatoms. The Balaban J connectivity index is 0.00000240. The highest BCUT2D eigenvalue weighted by atomic mass is 35.5. The third-order valence-corrected chi connectivity index (χ3v) is 5.24. The summed E-state index contributed by atoms with van der Waals surface area (Å²) in [4.78, 5) is 9.21. The Kier molecular flexibility index (Phi) is 6.53. The summed E-state index contributed by atoms with van der Waals surface area (Å²) in [5.41, 5.74) is 9.53. The standard InChI is InChI=1S/C21H20N4O2S.ClH/c1-26-19-8-14-15(9-20(19)27-2)17(11-23-16(14)10-22)24-21-25-18(12-28-21)13-6-4-3-5-7-13;/h3-9,11-12H,10,22H2,1-2H3,(H,24,25);1H. The second-order valence-corrected chi connectivity index (χ2v) is 6.96. The number of pyridine rings is 1. The molecule has 0 fully saturated rings. The van der Waals surface area contributed by atoms with E-state index in [1.54, 1.807) is 31.8 Å². The van der Waals surface area contributed by atoms with Crippen LogP contribution in [0.15, 0.2) is 54.0 Å². The number of hydrogen-bond donors (Lipinski definition) is 2. The number of nitrogens with zero attached hydrogens (tertiary/aromatic N) is 2. The summed E-state index contributed by atoms with van der Waals surface area (Å²) in [6.07, 6.45) is 1.78. The lowest BCUT2D eigenvalue weighted by Gasteiger charge is -2.14. The van der Waals surface area contributed by atoms with Crippen molar-refractivity contribution in [3.63, 3.8) is 0 Å². The second-order valence-electron chi connectivity index (χ2n) is 6.10. The first kappa shape index (κ1) is 20.9. The van der Waals surface area contributed by atoms with Crippen molar-refractivity contribution in [2.45, 2.75) is 6.54 Å². The van der Waals surface area contributed by atoms with Gasteiger partial charge >= 0.3 is 0 Å². The first-order valence-electron chi connectivity index (χ1n) is 8.75. The van der Waals surface area contributed by atoms with Gasteiger partial charge in [0.05, 0.1) is 37.5 Å². The Bertz CT molecular complexity index is 1120. The Morgan fingerprint density at radius 2 is 1.72 bits per heavy atom. The van der Waals surface area contributed by atoms with E-state index in [0.29, 0.717) is 18.0 Å². The Labute approximate surface area is 179 Å². The van der Waals surface area contributed by atoms with Crippen molar-refractivity contribution in [2.24, 2.45) is 5.73 Å². The van der Waals surface area contributed by atoms with Crippen LogP contribution in [0, 0.1) is 0 Å². The molecule has 0 aliphatic heterocycles. The quantitative estimate of drug-likeness (QED) is 0.449. The van der Waals surface area contributed by atoms with Crippen molar-refractivity contribution in [2.75, 3.05) is 19.5 Å². The summed E-state index contributed by atoms with van der Waals surface area (Å²) in [5.74, 6) is 1.29. The molecule has 4 rings (SSSR count). The number of anilines is 2. The van der Waals surface area contributed by atoms with Crippen molar-refractivity contribution in [3.8, 4) is 22.8 Å². The number of fused-ring (bicyclic) bond motifs is 1. The van der Waals surface area contributed by atoms with Crippen LogP contribution < -0.4 is 20.5 Å². The molecule has 0 spiro atoms. The number of methoxy groups -OCH3 is 2. The number of ether oxygens (including phenoxy) is 2. The SMILES string of the molecule is COc1cc2c(Nc3nc(-c4ccccc4)cs3)cnc(CN)c2cc1OC.Cl. The number of hydrogen-bond acceptors (Lipinski definition) is 7. The average molecular weight is 429 g/mol. The molecule has 2 aromatic carbocycles. The van der Waals surface area contributed by atoms with Gasteiger partial charge in [0.1, 0.15) is 0 Å². The fraction of sp³-hybridized carbons (Fsp3) is 0.143. The molecule has 0 saturated carbocycles. The molecular weight excluding hydrogens is 408 g/mol. The van der Waals surface area contributed by atoms with Gasteiger partial charge in [-0.2, -0.15) is 0 Å². The Morgan fingerprint density at radius 1 is 1.03 bits per heavy atom. The van der Waals surface area contributed by atoms with Crippen LogP contribution in [0.1, 0.15) is 5.69 Å². The Morgan fingerprint density at radius 3 is 2.38 bits per heavy atom. The van der Waals surface area contributed by atoms with E-state index in [4.69, 9.17) is 20.2 Å². The molecule has 0 saturated heterocycles. The molecule has 0 aliphatic rings. The van der Waals surface area contributed by atoms with E-state index in [0.717, 1.165) is 38.5 Å². The van der Waals surface area contributed by atoms with Crippen LogP contribution in [0.2, 0.25) is 0 Å². The van der Waals surface area contributed by atoms with Crippen molar-refractivity contribution in [1.82, 2.24) is 9.97 Å². The van der Waals surface area contributed by atoms with Crippen LogP contribution in [-0.2, 0) is 6.54 Å². The van der Waals surface area contributed by atoms with Gasteiger partial charge in [-0.05, 0) is 12.1 Å². The van der Waals surface area contributed by atoms with Crippen LogP contribution in [-0.4, -0.2) is 24.2 Å². The van der Waals surface area contributed by atoms with E-state index in [-0.39, 0.29) is 12.4 Å². The van der Waals surface area contributed by atoms with Crippen molar-refractivity contribution >= 4 is 45.3 Å². The third kappa shape index (κ3) is 4.12. The van der Waals surface area contributed by atoms with Crippen molar-refractivity contribution in [1.29, 1.82) is 0 Å². The van der Waals surface area contributed by atoms with Crippen molar-refractivity contribution < 1.29 is 9.47 Å². The number of benzene rings is 2.